The predicted octanol–water partition coefficient (Wildman–Crippen LogP) is 2.29. The Morgan fingerprint density at radius 1 is 1.57 bits per heavy atom. The van der Waals surface area contributed by atoms with Crippen LogP contribution >= 0.6 is 11.3 Å². The van der Waals surface area contributed by atoms with Crippen molar-refractivity contribution in [2.45, 2.75) is 39.3 Å². The molecule has 1 atom stereocenters. The van der Waals surface area contributed by atoms with Gasteiger partial charge in [0.05, 0.1) is 0 Å². The van der Waals surface area contributed by atoms with E-state index in [-0.39, 0.29) is 0 Å². The molecular weight excluding hydrogens is 194 g/mol. The second-order valence-electron chi connectivity index (χ2n) is 3.36. The van der Waals surface area contributed by atoms with Gasteiger partial charge in [-0.25, -0.2) is 0 Å². The Labute approximate surface area is 89.3 Å². The van der Waals surface area contributed by atoms with Gasteiger partial charge in [-0.3, -0.25) is 0 Å². The lowest BCUT2D eigenvalue weighted by molar-refractivity contribution is 0.516. The fourth-order valence-electron chi connectivity index (χ4n) is 1.14. The molecule has 0 spiro atoms. The van der Waals surface area contributed by atoms with Gasteiger partial charge in [-0.15, -0.1) is 28.1 Å². The molecule has 0 radical (unpaired) electrons. The molecule has 1 heterocycles. The van der Waals surface area contributed by atoms with Crippen molar-refractivity contribution in [1.82, 2.24) is 15.5 Å². The first-order valence-electron chi connectivity index (χ1n) is 4.85. The van der Waals surface area contributed by atoms with Gasteiger partial charge in [-0.2, -0.15) is 0 Å². The molecule has 0 aliphatic carbocycles. The van der Waals surface area contributed by atoms with Gasteiger partial charge in [-0.05, 0) is 26.7 Å². The smallest absolute Gasteiger partial charge is 0.131 e. The predicted molar refractivity (Wildman–Crippen MR) is 60.4 cm³/mol. The van der Waals surface area contributed by atoms with Crippen molar-refractivity contribution in [3.05, 3.63) is 22.7 Å². The maximum absolute atomic E-state index is 4.05. The Morgan fingerprint density at radius 2 is 2.36 bits per heavy atom. The van der Waals surface area contributed by atoms with Crippen LogP contribution in [0.15, 0.2) is 12.7 Å². The highest BCUT2D eigenvalue weighted by atomic mass is 32.1. The standard InChI is InChI=1S/C10H17N3S/c1-4-5-6-8(2)11-7-10-13-12-9(3)14-10/h4,8,11H,1,5-7H2,2-3H3. The summed E-state index contributed by atoms with van der Waals surface area (Å²) < 4.78 is 0. The third-order valence-electron chi connectivity index (χ3n) is 1.97. The molecule has 0 aliphatic rings. The number of hydrogen-bond acceptors (Lipinski definition) is 4. The lowest BCUT2D eigenvalue weighted by atomic mass is 10.2. The molecule has 78 valence electrons. The number of aryl methyl sites for hydroxylation is 1. The number of aromatic nitrogens is 2. The quantitative estimate of drug-likeness (QED) is 0.734. The van der Waals surface area contributed by atoms with Crippen LogP contribution in [-0.2, 0) is 6.54 Å². The SMILES string of the molecule is C=CCCC(C)NCc1nnc(C)s1. The summed E-state index contributed by atoms with van der Waals surface area (Å²) in [6, 6.07) is 0.511. The summed E-state index contributed by atoms with van der Waals surface area (Å²) in [5, 5.41) is 13.5. The van der Waals surface area contributed by atoms with Gasteiger partial charge in [0.15, 0.2) is 0 Å². The van der Waals surface area contributed by atoms with Crippen molar-refractivity contribution in [2.75, 3.05) is 0 Å². The average molecular weight is 211 g/mol. The first-order valence-corrected chi connectivity index (χ1v) is 5.67. The molecule has 1 N–H and O–H groups in total. The van der Waals surface area contributed by atoms with E-state index in [2.05, 4.69) is 29.0 Å². The molecule has 0 saturated carbocycles. The lowest BCUT2D eigenvalue weighted by Gasteiger charge is -2.10. The minimum Gasteiger partial charge on any atom is -0.308 e. The van der Waals surface area contributed by atoms with Gasteiger partial charge < -0.3 is 5.32 Å². The molecule has 1 aromatic rings. The molecular formula is C10H17N3S. The Bertz CT molecular complexity index is 283. The van der Waals surface area contributed by atoms with E-state index in [0.29, 0.717) is 6.04 Å². The number of hydrogen-bond donors (Lipinski definition) is 1. The number of nitrogens with zero attached hydrogens (tertiary/aromatic N) is 2. The summed E-state index contributed by atoms with van der Waals surface area (Å²) in [4.78, 5) is 0. The first-order chi connectivity index (χ1) is 6.72. The van der Waals surface area contributed by atoms with Crippen LogP contribution in [0.5, 0.6) is 0 Å². The van der Waals surface area contributed by atoms with Crippen molar-refractivity contribution in [1.29, 1.82) is 0 Å². The van der Waals surface area contributed by atoms with Gasteiger partial charge in [-0.1, -0.05) is 6.08 Å². The van der Waals surface area contributed by atoms with Crippen LogP contribution in [0, 0.1) is 6.92 Å². The zero-order valence-electron chi connectivity index (χ0n) is 8.79. The summed E-state index contributed by atoms with van der Waals surface area (Å²) in [5.41, 5.74) is 0. The van der Waals surface area contributed by atoms with Gasteiger partial charge in [0.1, 0.15) is 10.0 Å². The van der Waals surface area contributed by atoms with Crippen molar-refractivity contribution in [2.24, 2.45) is 0 Å². The maximum atomic E-state index is 4.05. The molecule has 0 aliphatic heterocycles. The van der Waals surface area contributed by atoms with E-state index < -0.39 is 0 Å². The Morgan fingerprint density at radius 3 is 2.93 bits per heavy atom. The van der Waals surface area contributed by atoms with Gasteiger partial charge >= 0.3 is 0 Å². The molecule has 1 unspecified atom stereocenters. The average Bonchev–Trinajstić information content (AvgIpc) is 2.58. The molecule has 0 bridgehead atoms. The highest BCUT2D eigenvalue weighted by molar-refractivity contribution is 7.11. The minimum atomic E-state index is 0.511. The summed E-state index contributed by atoms with van der Waals surface area (Å²) >= 11 is 1.65. The van der Waals surface area contributed by atoms with E-state index in [0.717, 1.165) is 29.4 Å². The van der Waals surface area contributed by atoms with Crippen LogP contribution in [0.1, 0.15) is 29.8 Å². The first kappa shape index (κ1) is 11.3. The van der Waals surface area contributed by atoms with E-state index in [1.807, 2.05) is 13.0 Å². The van der Waals surface area contributed by atoms with E-state index in [9.17, 15) is 0 Å². The minimum absolute atomic E-state index is 0.511. The highest BCUT2D eigenvalue weighted by Crippen LogP contribution is 2.08. The molecule has 4 heteroatoms. The van der Waals surface area contributed by atoms with Crippen molar-refractivity contribution < 1.29 is 0 Å². The second-order valence-corrected chi connectivity index (χ2v) is 4.63. The van der Waals surface area contributed by atoms with Crippen molar-refractivity contribution >= 4 is 11.3 Å². The zero-order chi connectivity index (χ0) is 10.4. The second kappa shape index (κ2) is 5.88. The van der Waals surface area contributed by atoms with E-state index >= 15 is 0 Å². The van der Waals surface area contributed by atoms with Crippen molar-refractivity contribution in [3.63, 3.8) is 0 Å². The number of rotatable bonds is 6. The largest absolute Gasteiger partial charge is 0.308 e. The third-order valence-corrected chi connectivity index (χ3v) is 2.81. The lowest BCUT2D eigenvalue weighted by Crippen LogP contribution is -2.25. The highest BCUT2D eigenvalue weighted by Gasteiger charge is 2.03. The molecule has 0 aromatic carbocycles. The fraction of sp³-hybridized carbons (Fsp3) is 0.600. The normalized spacial score (nSPS) is 12.7. The van der Waals surface area contributed by atoms with E-state index in [4.69, 9.17) is 0 Å². The van der Waals surface area contributed by atoms with Crippen LogP contribution < -0.4 is 5.32 Å². The Hall–Kier alpha value is -0.740. The number of nitrogens with one attached hydrogen (secondary N) is 1. The summed E-state index contributed by atoms with van der Waals surface area (Å²) in [6.07, 6.45) is 4.14. The fourth-order valence-corrected chi connectivity index (χ4v) is 1.80. The van der Waals surface area contributed by atoms with E-state index in [1.165, 1.54) is 0 Å². The number of allylic oxidation sites excluding steroid dienone is 1. The van der Waals surface area contributed by atoms with Crippen LogP contribution in [0.4, 0.5) is 0 Å². The molecule has 1 rings (SSSR count). The topological polar surface area (TPSA) is 37.8 Å². The van der Waals surface area contributed by atoms with Crippen LogP contribution in [-0.4, -0.2) is 16.2 Å². The summed E-state index contributed by atoms with van der Waals surface area (Å²) in [7, 11) is 0. The Kier molecular flexibility index (Phi) is 4.76. The molecule has 0 amide bonds. The van der Waals surface area contributed by atoms with Gasteiger partial charge in [0, 0.05) is 12.6 Å². The zero-order valence-corrected chi connectivity index (χ0v) is 9.60. The molecule has 3 nitrogen and oxygen atoms in total. The molecule has 0 fully saturated rings. The molecule has 0 saturated heterocycles. The Balaban J connectivity index is 2.23. The van der Waals surface area contributed by atoms with Gasteiger partial charge in [0.2, 0.25) is 0 Å². The van der Waals surface area contributed by atoms with E-state index in [1.54, 1.807) is 11.3 Å². The maximum Gasteiger partial charge on any atom is 0.131 e. The van der Waals surface area contributed by atoms with Crippen LogP contribution in [0.3, 0.4) is 0 Å². The monoisotopic (exact) mass is 211 g/mol. The molecule has 14 heavy (non-hydrogen) atoms. The van der Waals surface area contributed by atoms with Gasteiger partial charge in [0.25, 0.3) is 0 Å². The summed E-state index contributed by atoms with van der Waals surface area (Å²) in [6.45, 7) is 8.68. The van der Waals surface area contributed by atoms with Crippen molar-refractivity contribution in [3.8, 4) is 0 Å². The summed E-state index contributed by atoms with van der Waals surface area (Å²) in [5.74, 6) is 0. The third kappa shape index (κ3) is 3.98. The van der Waals surface area contributed by atoms with Crippen LogP contribution in [0.2, 0.25) is 0 Å². The molecule has 1 aromatic heterocycles. The van der Waals surface area contributed by atoms with Crippen LogP contribution in [0.25, 0.3) is 0 Å².